The maximum absolute atomic E-state index is 13.1. The summed E-state index contributed by atoms with van der Waals surface area (Å²) in [5.41, 5.74) is 0. The van der Waals surface area contributed by atoms with E-state index in [4.69, 9.17) is 37.0 Å². The first-order chi connectivity index (χ1) is 50.2. The monoisotopic (exact) mass is 1520 g/mol. The number of aliphatic hydroxyl groups excluding tert-OH is 1. The Bertz CT molecular complexity index is 2010. The number of hydrogen-bond acceptors (Lipinski definition) is 15. The lowest BCUT2D eigenvalue weighted by molar-refractivity contribution is -0.161. The van der Waals surface area contributed by atoms with Crippen LogP contribution in [0.2, 0.25) is 0 Å². The minimum Gasteiger partial charge on any atom is -0.462 e. The van der Waals surface area contributed by atoms with Gasteiger partial charge in [0.05, 0.1) is 26.4 Å². The third-order valence-corrected chi connectivity index (χ3v) is 21.8. The van der Waals surface area contributed by atoms with Crippen molar-refractivity contribution in [1.29, 1.82) is 0 Å². The fraction of sp³-hybridized carbons (Fsp3) is 0.953. The van der Waals surface area contributed by atoms with Crippen LogP contribution in [0.4, 0.5) is 0 Å². The molecule has 2 unspecified atom stereocenters. The van der Waals surface area contributed by atoms with Gasteiger partial charge in [0, 0.05) is 25.7 Å². The quantitative estimate of drug-likeness (QED) is 0.0222. The fourth-order valence-corrected chi connectivity index (χ4v) is 14.8. The Kier molecular flexibility index (Phi) is 73.7. The molecule has 0 saturated carbocycles. The molecule has 0 aliphatic rings. The van der Waals surface area contributed by atoms with Gasteiger partial charge in [-0.15, -0.1) is 0 Å². The number of hydrogen-bond donors (Lipinski definition) is 3. The van der Waals surface area contributed by atoms with Gasteiger partial charge in [0.15, 0.2) is 12.2 Å². The number of aliphatic hydroxyl groups is 1. The first-order valence-corrected chi connectivity index (χ1v) is 46.8. The number of phosphoric acid groups is 2. The van der Waals surface area contributed by atoms with Gasteiger partial charge in [-0.25, -0.2) is 9.13 Å². The van der Waals surface area contributed by atoms with Crippen molar-refractivity contribution in [2.75, 3.05) is 39.6 Å². The topological polar surface area (TPSA) is 237 Å². The Morgan fingerprint density at radius 1 is 0.260 bits per heavy atom. The van der Waals surface area contributed by atoms with Gasteiger partial charge in [-0.05, 0) is 43.4 Å². The number of esters is 4. The van der Waals surface area contributed by atoms with Crippen molar-refractivity contribution in [1.82, 2.24) is 0 Å². The molecule has 0 spiro atoms. The van der Waals surface area contributed by atoms with Gasteiger partial charge >= 0.3 is 39.5 Å². The van der Waals surface area contributed by atoms with Crippen LogP contribution in [0.5, 0.6) is 0 Å². The summed E-state index contributed by atoms with van der Waals surface area (Å²) in [4.78, 5) is 73.2. The third kappa shape index (κ3) is 78.2. The molecule has 17 nitrogen and oxygen atoms in total. The Morgan fingerprint density at radius 3 is 0.654 bits per heavy atom. The number of rotatable bonds is 83. The van der Waals surface area contributed by atoms with Crippen LogP contribution in [-0.2, 0) is 65.4 Å². The molecule has 0 rings (SSSR count). The molecule has 0 radical (unpaired) electrons. The Labute approximate surface area is 638 Å². The smallest absolute Gasteiger partial charge is 0.462 e. The summed E-state index contributed by atoms with van der Waals surface area (Å²) in [5, 5.41) is 10.7. The number of ether oxygens (including phenoxy) is 4. The van der Waals surface area contributed by atoms with E-state index in [0.29, 0.717) is 25.7 Å². The van der Waals surface area contributed by atoms with Crippen molar-refractivity contribution in [3.05, 3.63) is 0 Å². The summed E-state index contributed by atoms with van der Waals surface area (Å²) >= 11 is 0. The van der Waals surface area contributed by atoms with Crippen LogP contribution in [0.25, 0.3) is 0 Å². The van der Waals surface area contributed by atoms with Crippen molar-refractivity contribution in [3.8, 4) is 0 Å². The molecule has 618 valence electrons. The molecule has 0 amide bonds. The van der Waals surface area contributed by atoms with E-state index in [2.05, 4.69) is 48.5 Å². The lowest BCUT2D eigenvalue weighted by Gasteiger charge is -2.21. The number of phosphoric ester groups is 2. The highest BCUT2D eigenvalue weighted by atomic mass is 31.2. The van der Waals surface area contributed by atoms with Gasteiger partial charge in [0.25, 0.3) is 0 Å². The van der Waals surface area contributed by atoms with Gasteiger partial charge in [0.2, 0.25) is 0 Å². The summed E-state index contributed by atoms with van der Waals surface area (Å²) in [7, 11) is -9.93. The van der Waals surface area contributed by atoms with Crippen LogP contribution in [0.1, 0.15) is 447 Å². The van der Waals surface area contributed by atoms with E-state index in [0.717, 1.165) is 108 Å². The van der Waals surface area contributed by atoms with Crippen LogP contribution in [-0.4, -0.2) is 96.7 Å². The molecule has 19 heteroatoms. The second-order valence-electron chi connectivity index (χ2n) is 32.0. The molecule has 0 fully saturated rings. The van der Waals surface area contributed by atoms with E-state index in [1.165, 1.54) is 257 Å². The van der Waals surface area contributed by atoms with Gasteiger partial charge in [-0.2, -0.15) is 0 Å². The predicted molar refractivity (Wildman–Crippen MR) is 428 cm³/mol. The molecule has 0 aliphatic carbocycles. The van der Waals surface area contributed by atoms with E-state index in [-0.39, 0.29) is 25.7 Å². The van der Waals surface area contributed by atoms with Crippen molar-refractivity contribution in [2.45, 2.75) is 465 Å². The maximum Gasteiger partial charge on any atom is 0.472 e. The van der Waals surface area contributed by atoms with Gasteiger partial charge in [-0.1, -0.05) is 395 Å². The zero-order valence-corrected chi connectivity index (χ0v) is 70.3. The molecular formula is C85H166O17P2. The largest absolute Gasteiger partial charge is 0.472 e. The predicted octanol–water partition coefficient (Wildman–Crippen LogP) is 25.7. The normalized spacial score (nSPS) is 13.9. The molecule has 0 aromatic carbocycles. The van der Waals surface area contributed by atoms with E-state index < -0.39 is 97.5 Å². The highest BCUT2D eigenvalue weighted by Gasteiger charge is 2.30. The van der Waals surface area contributed by atoms with Gasteiger partial charge in [0.1, 0.15) is 19.3 Å². The van der Waals surface area contributed by atoms with Crippen molar-refractivity contribution in [3.63, 3.8) is 0 Å². The van der Waals surface area contributed by atoms with Crippen LogP contribution < -0.4 is 0 Å². The first-order valence-electron chi connectivity index (χ1n) is 43.8. The lowest BCUT2D eigenvalue weighted by Crippen LogP contribution is -2.30. The zero-order chi connectivity index (χ0) is 76.5. The Hall–Kier alpha value is -1.94. The third-order valence-electron chi connectivity index (χ3n) is 19.9. The summed E-state index contributed by atoms with van der Waals surface area (Å²) < 4.78 is 68.9. The average Bonchev–Trinajstić information content (AvgIpc) is 0.915. The van der Waals surface area contributed by atoms with Crippen LogP contribution >= 0.6 is 15.6 Å². The minimum atomic E-state index is -4.97. The van der Waals surface area contributed by atoms with E-state index in [1.807, 2.05) is 0 Å². The number of carbonyl (C=O) groups is 4. The molecule has 5 atom stereocenters. The van der Waals surface area contributed by atoms with Crippen LogP contribution in [0.3, 0.4) is 0 Å². The zero-order valence-electron chi connectivity index (χ0n) is 68.5. The van der Waals surface area contributed by atoms with E-state index in [1.54, 1.807) is 0 Å². The first kappa shape index (κ1) is 102. The molecular weight excluding hydrogens is 1350 g/mol. The molecule has 0 aliphatic heterocycles. The fourth-order valence-electron chi connectivity index (χ4n) is 13.2. The summed E-state index contributed by atoms with van der Waals surface area (Å²) in [5.74, 6) is 0.203. The Balaban J connectivity index is 5.25. The molecule has 0 saturated heterocycles. The highest BCUT2D eigenvalue weighted by Crippen LogP contribution is 2.45. The molecule has 3 N–H and O–H groups in total. The van der Waals surface area contributed by atoms with Crippen molar-refractivity contribution in [2.24, 2.45) is 17.8 Å². The highest BCUT2D eigenvalue weighted by molar-refractivity contribution is 7.47. The van der Waals surface area contributed by atoms with Crippen molar-refractivity contribution >= 4 is 39.5 Å². The number of unbranched alkanes of at least 4 members (excludes halogenated alkanes) is 51. The second-order valence-corrected chi connectivity index (χ2v) is 34.9. The Morgan fingerprint density at radius 2 is 0.442 bits per heavy atom. The molecule has 0 aromatic rings. The molecule has 0 bridgehead atoms. The standard InChI is InChI=1S/C85H166O17P2/c1-8-9-10-11-12-13-14-15-16-17-18-19-20-23-27-33-38-47-54-61-68-84(89)101-80(72-95-82(87)66-59-52-45-37-32-26-24-21-22-25-30-35-42-49-56-63-76(2)3)74-99-103(91,92)97-70-79(86)71-98-104(93,94)100-75-81(73-96-83(88)67-60-53-46-41-40-44-51-58-65-78(6)7)102-85(90)69-62-55-48-39-34-29-28-31-36-43-50-57-64-77(4)5/h76-81,86H,8-75H2,1-7H3,(H,91,92)(H,93,94)/t79-,80-,81-/m1/s1. The second kappa shape index (κ2) is 75.1. The molecule has 0 aromatic heterocycles. The summed E-state index contributed by atoms with van der Waals surface area (Å²) in [6.07, 6.45) is 65.3. The molecule has 104 heavy (non-hydrogen) atoms. The van der Waals surface area contributed by atoms with Crippen LogP contribution in [0, 0.1) is 17.8 Å². The maximum atomic E-state index is 13.1. The summed E-state index contributed by atoms with van der Waals surface area (Å²) in [6.45, 7) is 12.0. The SMILES string of the molecule is CCCCCCCCCCCCCCCCCCCCCCC(=O)O[C@H](COC(=O)CCCCCCCCCCCCCCCCCC(C)C)COP(=O)(O)OC[C@@H](O)COP(=O)(O)OC[C@@H](COC(=O)CCCCCCCCCCC(C)C)OC(=O)CCCCCCCCCCCCCCC(C)C. The van der Waals surface area contributed by atoms with E-state index >= 15 is 0 Å². The van der Waals surface area contributed by atoms with Crippen LogP contribution in [0.15, 0.2) is 0 Å². The number of carbonyl (C=O) groups excluding carboxylic acids is 4. The average molecular weight is 1520 g/mol. The van der Waals surface area contributed by atoms with Gasteiger partial charge in [-0.3, -0.25) is 37.3 Å². The lowest BCUT2D eigenvalue weighted by atomic mass is 10.0. The minimum absolute atomic E-state index is 0.106. The van der Waals surface area contributed by atoms with E-state index in [9.17, 15) is 43.2 Å². The summed E-state index contributed by atoms with van der Waals surface area (Å²) in [6, 6.07) is 0. The molecule has 0 heterocycles. The van der Waals surface area contributed by atoms with Gasteiger partial charge < -0.3 is 33.8 Å². The van der Waals surface area contributed by atoms with Crippen molar-refractivity contribution < 1.29 is 80.2 Å².